The van der Waals surface area contributed by atoms with E-state index in [2.05, 4.69) is 30.4 Å². The second-order valence-corrected chi connectivity index (χ2v) is 6.95. The van der Waals surface area contributed by atoms with Gasteiger partial charge in [-0.3, -0.25) is 15.2 Å². The Kier molecular flexibility index (Phi) is 5.78. The maximum atomic E-state index is 12.9. The summed E-state index contributed by atoms with van der Waals surface area (Å²) in [5.41, 5.74) is 1.22. The molecule has 2 N–H and O–H groups in total. The van der Waals surface area contributed by atoms with Gasteiger partial charge < -0.3 is 14.4 Å². The summed E-state index contributed by atoms with van der Waals surface area (Å²) in [6, 6.07) is 8.91. The number of nitrogens with one attached hydrogen (secondary N) is 2. The lowest BCUT2D eigenvalue weighted by Crippen LogP contribution is -2.32. The first kappa shape index (κ1) is 19.7. The van der Waals surface area contributed by atoms with Crippen LogP contribution in [0.4, 0.5) is 11.8 Å². The molecule has 1 aromatic carbocycles. The van der Waals surface area contributed by atoms with Gasteiger partial charge in [-0.1, -0.05) is 0 Å². The molecule has 1 amide bonds. The van der Waals surface area contributed by atoms with Gasteiger partial charge in [0.2, 0.25) is 5.95 Å². The molecule has 0 unspecified atom stereocenters. The number of H-pyrrole nitrogens is 1. The molecule has 0 bridgehead atoms. The molecule has 0 atom stereocenters. The number of carbonyl (C=O) groups excluding carboxylic acids is 1. The second kappa shape index (κ2) is 8.81. The molecule has 0 spiro atoms. The average Bonchev–Trinajstić information content (AvgIpc) is 3.27. The van der Waals surface area contributed by atoms with E-state index in [1.54, 1.807) is 44.7 Å². The standard InChI is InChI=1S/C21H24N6O3/c1-29-14-8-9-15(17(13-14)30-2)18-23-21(26-25-18)24-20(28)16-7-6-10-22-19(16)27-11-4-3-5-12-27/h6-10,13H,3-5,11-12H2,1-2H3,(H2,23,24,25,26,28). The van der Waals surface area contributed by atoms with E-state index in [1.807, 2.05) is 6.07 Å². The summed E-state index contributed by atoms with van der Waals surface area (Å²) in [5.74, 6) is 2.32. The van der Waals surface area contributed by atoms with E-state index >= 15 is 0 Å². The number of benzene rings is 1. The summed E-state index contributed by atoms with van der Waals surface area (Å²) in [7, 11) is 3.16. The number of aromatic amines is 1. The topological polar surface area (TPSA) is 105 Å². The van der Waals surface area contributed by atoms with Crippen molar-refractivity contribution in [3.8, 4) is 22.9 Å². The van der Waals surface area contributed by atoms with E-state index in [0.717, 1.165) is 25.9 Å². The summed E-state index contributed by atoms with van der Waals surface area (Å²) in [4.78, 5) is 23.9. The fraction of sp³-hybridized carbons (Fsp3) is 0.333. The summed E-state index contributed by atoms with van der Waals surface area (Å²) < 4.78 is 10.6. The van der Waals surface area contributed by atoms with Crippen LogP contribution in [0.25, 0.3) is 11.4 Å². The van der Waals surface area contributed by atoms with E-state index in [9.17, 15) is 4.79 Å². The minimum absolute atomic E-state index is 0.182. The molecule has 3 heterocycles. The van der Waals surface area contributed by atoms with Crippen molar-refractivity contribution in [2.24, 2.45) is 0 Å². The van der Waals surface area contributed by atoms with E-state index in [1.165, 1.54) is 6.42 Å². The lowest BCUT2D eigenvalue weighted by Gasteiger charge is -2.28. The van der Waals surface area contributed by atoms with Gasteiger partial charge in [-0.15, -0.1) is 5.10 Å². The Morgan fingerprint density at radius 1 is 1.13 bits per heavy atom. The van der Waals surface area contributed by atoms with Crippen molar-refractivity contribution in [3.05, 3.63) is 42.1 Å². The van der Waals surface area contributed by atoms with Gasteiger partial charge in [0.1, 0.15) is 17.3 Å². The number of ether oxygens (including phenoxy) is 2. The quantitative estimate of drug-likeness (QED) is 0.645. The number of aromatic nitrogens is 4. The number of hydrogen-bond acceptors (Lipinski definition) is 7. The van der Waals surface area contributed by atoms with Crippen molar-refractivity contribution >= 4 is 17.7 Å². The van der Waals surface area contributed by atoms with Gasteiger partial charge in [0.15, 0.2) is 5.82 Å². The number of hydrogen-bond donors (Lipinski definition) is 2. The number of amides is 1. The monoisotopic (exact) mass is 408 g/mol. The van der Waals surface area contributed by atoms with Crippen molar-refractivity contribution in [1.29, 1.82) is 0 Å². The molecule has 1 saturated heterocycles. The van der Waals surface area contributed by atoms with E-state index in [4.69, 9.17) is 9.47 Å². The maximum Gasteiger partial charge on any atom is 0.261 e. The van der Waals surface area contributed by atoms with Gasteiger partial charge in [0.25, 0.3) is 5.91 Å². The molecule has 3 aromatic rings. The highest BCUT2D eigenvalue weighted by atomic mass is 16.5. The highest BCUT2D eigenvalue weighted by Crippen LogP contribution is 2.31. The molecule has 1 aliphatic heterocycles. The van der Waals surface area contributed by atoms with Crippen molar-refractivity contribution in [3.63, 3.8) is 0 Å². The third-order valence-electron chi connectivity index (χ3n) is 5.06. The summed E-state index contributed by atoms with van der Waals surface area (Å²) in [6.07, 6.45) is 5.12. The van der Waals surface area contributed by atoms with Crippen LogP contribution < -0.4 is 19.7 Å². The highest BCUT2D eigenvalue weighted by molar-refractivity contribution is 6.06. The molecule has 9 heteroatoms. The molecule has 4 rings (SSSR count). The number of pyridine rings is 1. The lowest BCUT2D eigenvalue weighted by atomic mass is 10.1. The summed E-state index contributed by atoms with van der Waals surface area (Å²) in [6.45, 7) is 1.80. The largest absolute Gasteiger partial charge is 0.497 e. The van der Waals surface area contributed by atoms with Gasteiger partial charge in [-0.25, -0.2) is 4.98 Å². The number of nitrogens with zero attached hydrogens (tertiary/aromatic N) is 4. The molecular weight excluding hydrogens is 384 g/mol. The molecule has 0 saturated carbocycles. The zero-order valence-corrected chi connectivity index (χ0v) is 17.0. The number of rotatable bonds is 6. The van der Waals surface area contributed by atoms with Gasteiger partial charge in [0, 0.05) is 25.4 Å². The zero-order valence-electron chi connectivity index (χ0n) is 17.0. The third-order valence-corrected chi connectivity index (χ3v) is 5.06. The smallest absolute Gasteiger partial charge is 0.261 e. The average molecular weight is 408 g/mol. The molecule has 0 aliphatic carbocycles. The molecule has 0 radical (unpaired) electrons. The molecule has 156 valence electrons. The second-order valence-electron chi connectivity index (χ2n) is 6.95. The summed E-state index contributed by atoms with van der Waals surface area (Å²) in [5, 5.41) is 9.74. The fourth-order valence-electron chi connectivity index (χ4n) is 3.53. The molecule has 1 aliphatic rings. The molecule has 2 aromatic heterocycles. The number of methoxy groups -OCH3 is 2. The predicted molar refractivity (Wildman–Crippen MR) is 113 cm³/mol. The van der Waals surface area contributed by atoms with Crippen molar-refractivity contribution in [2.75, 3.05) is 37.5 Å². The van der Waals surface area contributed by atoms with Crippen LogP contribution in [0.15, 0.2) is 36.5 Å². The van der Waals surface area contributed by atoms with Crippen LogP contribution in [0.1, 0.15) is 29.6 Å². The lowest BCUT2D eigenvalue weighted by molar-refractivity contribution is 0.102. The highest BCUT2D eigenvalue weighted by Gasteiger charge is 2.21. The SMILES string of the molecule is COc1ccc(-c2nc(NC(=O)c3cccnc3N3CCCCC3)n[nH]2)c(OC)c1. The van der Waals surface area contributed by atoms with Gasteiger partial charge in [0.05, 0.1) is 25.3 Å². The Morgan fingerprint density at radius 2 is 1.97 bits per heavy atom. The van der Waals surface area contributed by atoms with Crippen LogP contribution in [0, 0.1) is 0 Å². The van der Waals surface area contributed by atoms with Crippen LogP contribution in [-0.4, -0.2) is 53.4 Å². The maximum absolute atomic E-state index is 12.9. The molecule has 9 nitrogen and oxygen atoms in total. The fourth-order valence-corrected chi connectivity index (χ4v) is 3.53. The van der Waals surface area contributed by atoms with Crippen LogP contribution in [0.3, 0.4) is 0 Å². The van der Waals surface area contributed by atoms with E-state index < -0.39 is 0 Å². The van der Waals surface area contributed by atoms with Crippen LogP contribution in [0.2, 0.25) is 0 Å². The summed E-state index contributed by atoms with van der Waals surface area (Å²) >= 11 is 0. The van der Waals surface area contributed by atoms with Crippen molar-refractivity contribution in [2.45, 2.75) is 19.3 Å². The Bertz CT molecular complexity index is 1030. The number of piperidine rings is 1. The van der Waals surface area contributed by atoms with Crippen LogP contribution >= 0.6 is 0 Å². The van der Waals surface area contributed by atoms with Crippen LogP contribution in [0.5, 0.6) is 11.5 Å². The first-order valence-electron chi connectivity index (χ1n) is 9.85. The van der Waals surface area contributed by atoms with Crippen molar-refractivity contribution < 1.29 is 14.3 Å². The van der Waals surface area contributed by atoms with E-state index in [0.29, 0.717) is 34.3 Å². The first-order chi connectivity index (χ1) is 14.7. The molecule has 30 heavy (non-hydrogen) atoms. The minimum atomic E-state index is -0.295. The number of carbonyl (C=O) groups is 1. The van der Waals surface area contributed by atoms with Crippen molar-refractivity contribution in [1.82, 2.24) is 20.2 Å². The zero-order chi connectivity index (χ0) is 20.9. The predicted octanol–water partition coefficient (Wildman–Crippen LogP) is 3.13. The first-order valence-corrected chi connectivity index (χ1v) is 9.85. The van der Waals surface area contributed by atoms with E-state index in [-0.39, 0.29) is 11.9 Å². The Morgan fingerprint density at radius 3 is 2.73 bits per heavy atom. The van der Waals surface area contributed by atoms with Gasteiger partial charge >= 0.3 is 0 Å². The number of anilines is 2. The minimum Gasteiger partial charge on any atom is -0.497 e. The Hall–Kier alpha value is -3.62. The van der Waals surface area contributed by atoms with Gasteiger partial charge in [-0.2, -0.15) is 4.98 Å². The molecular formula is C21H24N6O3. The normalized spacial score (nSPS) is 13.7. The molecule has 1 fully saturated rings. The Labute approximate surface area is 174 Å². The van der Waals surface area contributed by atoms with Gasteiger partial charge in [-0.05, 0) is 43.5 Å². The third kappa shape index (κ3) is 4.05. The van der Waals surface area contributed by atoms with Crippen LogP contribution in [-0.2, 0) is 0 Å². The Balaban J connectivity index is 1.54.